The second kappa shape index (κ2) is 4.84. The molecule has 2 aliphatic rings. The Balaban J connectivity index is 1.89. The van der Waals surface area contributed by atoms with Crippen molar-refractivity contribution in [3.63, 3.8) is 0 Å². The summed E-state index contributed by atoms with van der Waals surface area (Å²) in [5, 5.41) is 0. The lowest BCUT2D eigenvalue weighted by molar-refractivity contribution is 0.427. The number of rotatable bonds is 2. The third kappa shape index (κ3) is 2.24. The molecule has 2 N–H and O–H groups in total. The highest BCUT2D eigenvalue weighted by Crippen LogP contribution is 2.39. The molecule has 0 spiro atoms. The molecule has 0 amide bonds. The Morgan fingerprint density at radius 1 is 1.21 bits per heavy atom. The molecule has 3 rings (SSSR count). The maximum Gasteiger partial charge on any atom is 0.244 e. The minimum atomic E-state index is -3.40. The van der Waals surface area contributed by atoms with Crippen molar-refractivity contribution in [3.05, 3.63) is 28.7 Å². The Hall–Kier alpha value is -0.430. The van der Waals surface area contributed by atoms with E-state index in [4.69, 9.17) is 5.73 Å². The third-order valence-corrected chi connectivity index (χ3v) is 7.18. The zero-order chi connectivity index (χ0) is 13.6. The van der Waals surface area contributed by atoms with E-state index in [-0.39, 0.29) is 6.04 Å². The molecule has 1 aromatic rings. The van der Waals surface area contributed by atoms with Crippen LogP contribution in [0.1, 0.15) is 12.8 Å². The third-order valence-electron chi connectivity index (χ3n) is 4.33. The highest BCUT2D eigenvalue weighted by Gasteiger charge is 2.45. The summed E-state index contributed by atoms with van der Waals surface area (Å²) in [6.07, 6.45) is 2.08. The number of halogens is 1. The largest absolute Gasteiger partial charge is 0.327 e. The van der Waals surface area contributed by atoms with E-state index in [9.17, 15) is 8.42 Å². The van der Waals surface area contributed by atoms with Gasteiger partial charge >= 0.3 is 0 Å². The highest BCUT2D eigenvalue weighted by molar-refractivity contribution is 9.10. The van der Waals surface area contributed by atoms with Crippen LogP contribution in [0.25, 0.3) is 0 Å². The van der Waals surface area contributed by atoms with Gasteiger partial charge in [0.25, 0.3) is 0 Å². The number of nitrogens with zero attached hydrogens (tertiary/aromatic N) is 1. The summed E-state index contributed by atoms with van der Waals surface area (Å²) in [5.74, 6) is 0.768. The van der Waals surface area contributed by atoms with Crippen LogP contribution >= 0.6 is 15.9 Å². The lowest BCUT2D eigenvalue weighted by atomic mass is 9.98. The van der Waals surface area contributed by atoms with E-state index in [0.29, 0.717) is 34.3 Å². The number of benzene rings is 1. The first-order valence-corrected chi connectivity index (χ1v) is 8.73. The molecule has 1 saturated carbocycles. The second-order valence-corrected chi connectivity index (χ2v) is 8.18. The molecule has 19 heavy (non-hydrogen) atoms. The van der Waals surface area contributed by atoms with Crippen LogP contribution in [-0.2, 0) is 10.0 Å². The van der Waals surface area contributed by atoms with Crippen LogP contribution in [0.4, 0.5) is 0 Å². The minimum Gasteiger partial charge on any atom is -0.327 e. The van der Waals surface area contributed by atoms with Gasteiger partial charge in [0.1, 0.15) is 0 Å². The first-order valence-electron chi connectivity index (χ1n) is 6.50. The smallest absolute Gasteiger partial charge is 0.244 e. The molecule has 0 radical (unpaired) electrons. The van der Waals surface area contributed by atoms with Crippen molar-refractivity contribution in [2.75, 3.05) is 13.1 Å². The van der Waals surface area contributed by atoms with Crippen molar-refractivity contribution in [1.29, 1.82) is 0 Å². The van der Waals surface area contributed by atoms with Crippen molar-refractivity contribution in [1.82, 2.24) is 4.31 Å². The van der Waals surface area contributed by atoms with Crippen LogP contribution < -0.4 is 5.73 Å². The van der Waals surface area contributed by atoms with E-state index in [1.165, 1.54) is 0 Å². The molecule has 3 atom stereocenters. The second-order valence-electron chi connectivity index (χ2n) is 5.42. The quantitative estimate of drug-likeness (QED) is 0.889. The average Bonchev–Trinajstić information content (AvgIpc) is 2.93. The molecule has 3 unspecified atom stereocenters. The number of fused-ring (bicyclic) bond motifs is 1. The summed E-state index contributed by atoms with van der Waals surface area (Å²) in [5.41, 5.74) is 6.06. The van der Waals surface area contributed by atoms with E-state index in [2.05, 4.69) is 15.9 Å². The van der Waals surface area contributed by atoms with E-state index < -0.39 is 10.0 Å². The Kier molecular flexibility index (Phi) is 3.45. The number of hydrogen-bond donors (Lipinski definition) is 1. The molecule has 104 valence electrons. The van der Waals surface area contributed by atoms with Crippen molar-refractivity contribution in [2.24, 2.45) is 17.6 Å². The summed E-state index contributed by atoms with van der Waals surface area (Å²) in [6, 6.07) is 7.13. The van der Waals surface area contributed by atoms with Crippen molar-refractivity contribution >= 4 is 26.0 Å². The number of sulfonamides is 1. The van der Waals surface area contributed by atoms with E-state index in [0.717, 1.165) is 12.8 Å². The Morgan fingerprint density at radius 3 is 2.63 bits per heavy atom. The normalized spacial score (nSPS) is 31.6. The summed E-state index contributed by atoms with van der Waals surface area (Å²) < 4.78 is 27.5. The van der Waals surface area contributed by atoms with Gasteiger partial charge in [-0.2, -0.15) is 4.31 Å². The van der Waals surface area contributed by atoms with Gasteiger partial charge in [0.05, 0.1) is 4.90 Å². The van der Waals surface area contributed by atoms with Gasteiger partial charge in [-0.3, -0.25) is 0 Å². The fourth-order valence-electron chi connectivity index (χ4n) is 3.26. The average molecular weight is 345 g/mol. The van der Waals surface area contributed by atoms with Gasteiger partial charge in [-0.1, -0.05) is 12.1 Å². The number of nitrogens with two attached hydrogens (primary N) is 1. The monoisotopic (exact) mass is 344 g/mol. The van der Waals surface area contributed by atoms with Crippen LogP contribution in [0.2, 0.25) is 0 Å². The van der Waals surface area contributed by atoms with Gasteiger partial charge in [0.15, 0.2) is 0 Å². The Labute approximate surface area is 122 Å². The van der Waals surface area contributed by atoms with Crippen LogP contribution in [0.5, 0.6) is 0 Å². The topological polar surface area (TPSA) is 63.4 Å². The maximum atomic E-state index is 12.6. The molecule has 4 nitrogen and oxygen atoms in total. The highest BCUT2D eigenvalue weighted by atomic mass is 79.9. The summed E-state index contributed by atoms with van der Waals surface area (Å²) in [6.45, 7) is 1.18. The lowest BCUT2D eigenvalue weighted by Crippen LogP contribution is -2.33. The van der Waals surface area contributed by atoms with Crippen LogP contribution in [-0.4, -0.2) is 31.9 Å². The number of hydrogen-bond acceptors (Lipinski definition) is 3. The zero-order valence-electron chi connectivity index (χ0n) is 10.5. The molecule has 1 saturated heterocycles. The minimum absolute atomic E-state index is 0.157. The van der Waals surface area contributed by atoms with Gasteiger partial charge in [-0.05, 0) is 52.7 Å². The summed E-state index contributed by atoms with van der Waals surface area (Å²) in [4.78, 5) is 0.351. The predicted octanol–water partition coefficient (Wildman–Crippen LogP) is 1.81. The summed E-state index contributed by atoms with van der Waals surface area (Å²) >= 11 is 3.32. The Morgan fingerprint density at radius 2 is 1.95 bits per heavy atom. The molecule has 1 aromatic carbocycles. The van der Waals surface area contributed by atoms with Gasteiger partial charge < -0.3 is 5.73 Å². The Bertz CT molecular complexity index is 590. The maximum absolute atomic E-state index is 12.6. The van der Waals surface area contributed by atoms with Gasteiger partial charge in [0.2, 0.25) is 10.0 Å². The molecule has 0 aromatic heterocycles. The van der Waals surface area contributed by atoms with E-state index >= 15 is 0 Å². The first-order chi connectivity index (χ1) is 9.00. The van der Waals surface area contributed by atoms with Crippen molar-refractivity contribution < 1.29 is 8.42 Å². The van der Waals surface area contributed by atoms with Crippen molar-refractivity contribution in [2.45, 2.75) is 23.8 Å². The fourth-order valence-corrected chi connectivity index (χ4v) is 5.75. The SMILES string of the molecule is NC1CCC2CN(S(=O)(=O)c3ccccc3Br)CC12. The molecule has 6 heteroatoms. The molecule has 2 fully saturated rings. The molecule has 0 bridgehead atoms. The van der Waals surface area contributed by atoms with E-state index in [1.807, 2.05) is 6.07 Å². The first kappa shape index (κ1) is 13.5. The molecule has 1 aliphatic heterocycles. The van der Waals surface area contributed by atoms with Crippen LogP contribution in [0.3, 0.4) is 0 Å². The van der Waals surface area contributed by atoms with Gasteiger partial charge in [0, 0.05) is 23.6 Å². The standard InChI is InChI=1S/C13H17BrN2O2S/c14-11-3-1-2-4-13(11)19(17,18)16-7-9-5-6-12(15)10(9)8-16/h1-4,9-10,12H,5-8,15H2. The predicted molar refractivity (Wildman–Crippen MR) is 77.1 cm³/mol. The van der Waals surface area contributed by atoms with E-state index in [1.54, 1.807) is 22.5 Å². The van der Waals surface area contributed by atoms with Crippen molar-refractivity contribution in [3.8, 4) is 0 Å². The molecular weight excluding hydrogens is 328 g/mol. The molecular formula is C13H17BrN2O2S. The van der Waals surface area contributed by atoms with Crippen LogP contribution in [0, 0.1) is 11.8 Å². The van der Waals surface area contributed by atoms with Crippen LogP contribution in [0.15, 0.2) is 33.6 Å². The van der Waals surface area contributed by atoms with Gasteiger partial charge in [-0.15, -0.1) is 0 Å². The molecule has 1 heterocycles. The fraction of sp³-hybridized carbons (Fsp3) is 0.538. The zero-order valence-corrected chi connectivity index (χ0v) is 12.9. The molecule has 1 aliphatic carbocycles. The van der Waals surface area contributed by atoms with Gasteiger partial charge in [-0.25, -0.2) is 8.42 Å². The lowest BCUT2D eigenvalue weighted by Gasteiger charge is -2.19. The summed E-state index contributed by atoms with van der Waals surface area (Å²) in [7, 11) is -3.40.